The molecule has 1 aromatic rings. The van der Waals surface area contributed by atoms with Crippen LogP contribution in [0.5, 0.6) is 0 Å². The van der Waals surface area contributed by atoms with E-state index in [2.05, 4.69) is 34.6 Å². The van der Waals surface area contributed by atoms with Crippen molar-refractivity contribution in [3.8, 4) is 12.3 Å². The van der Waals surface area contributed by atoms with E-state index >= 15 is 0 Å². The standard InChI is InChI=1S/C11H17N3/c1-4-5-6-12-7-11-8-13-9-14(11)10(2)3/h1,8-10,12H,5-7H2,2-3H3. The highest BCUT2D eigenvalue weighted by molar-refractivity contribution is 4.99. The lowest BCUT2D eigenvalue weighted by molar-refractivity contribution is 0.553. The third-order valence-corrected chi connectivity index (χ3v) is 2.05. The first-order valence-corrected chi connectivity index (χ1v) is 4.90. The van der Waals surface area contributed by atoms with Gasteiger partial charge in [0, 0.05) is 31.7 Å². The van der Waals surface area contributed by atoms with Crippen LogP contribution in [0.2, 0.25) is 0 Å². The molecule has 0 atom stereocenters. The van der Waals surface area contributed by atoms with Crippen LogP contribution in [0, 0.1) is 12.3 Å². The summed E-state index contributed by atoms with van der Waals surface area (Å²) in [4.78, 5) is 4.12. The molecule has 1 aromatic heterocycles. The van der Waals surface area contributed by atoms with Crippen LogP contribution in [-0.4, -0.2) is 16.1 Å². The second-order valence-corrected chi connectivity index (χ2v) is 3.52. The zero-order chi connectivity index (χ0) is 10.4. The summed E-state index contributed by atoms with van der Waals surface area (Å²) in [7, 11) is 0. The third kappa shape index (κ3) is 2.90. The van der Waals surface area contributed by atoms with E-state index in [9.17, 15) is 0 Å². The maximum absolute atomic E-state index is 5.16. The van der Waals surface area contributed by atoms with Crippen molar-refractivity contribution < 1.29 is 0 Å². The van der Waals surface area contributed by atoms with Crippen molar-refractivity contribution in [3.05, 3.63) is 18.2 Å². The van der Waals surface area contributed by atoms with Crippen LogP contribution in [0.4, 0.5) is 0 Å². The Morgan fingerprint density at radius 3 is 3.07 bits per heavy atom. The summed E-state index contributed by atoms with van der Waals surface area (Å²) in [6.45, 7) is 5.98. The molecule has 0 unspecified atom stereocenters. The van der Waals surface area contributed by atoms with Crippen molar-refractivity contribution in [2.45, 2.75) is 32.9 Å². The number of rotatable bonds is 5. The van der Waals surface area contributed by atoms with Gasteiger partial charge in [-0.3, -0.25) is 0 Å². The van der Waals surface area contributed by atoms with Gasteiger partial charge in [0.1, 0.15) is 0 Å². The molecule has 1 N–H and O–H groups in total. The van der Waals surface area contributed by atoms with E-state index in [1.165, 1.54) is 5.69 Å². The summed E-state index contributed by atoms with van der Waals surface area (Å²) in [5, 5.41) is 3.28. The summed E-state index contributed by atoms with van der Waals surface area (Å²) in [6.07, 6.45) is 9.69. The third-order valence-electron chi connectivity index (χ3n) is 2.05. The van der Waals surface area contributed by atoms with Gasteiger partial charge in [-0.15, -0.1) is 12.3 Å². The van der Waals surface area contributed by atoms with E-state index in [1.54, 1.807) is 0 Å². The van der Waals surface area contributed by atoms with Crippen LogP contribution in [0.15, 0.2) is 12.5 Å². The molecule has 1 rings (SSSR count). The van der Waals surface area contributed by atoms with E-state index in [-0.39, 0.29) is 0 Å². The minimum atomic E-state index is 0.460. The van der Waals surface area contributed by atoms with Crippen molar-refractivity contribution in [3.63, 3.8) is 0 Å². The number of aromatic nitrogens is 2. The molecule has 0 aliphatic rings. The summed E-state index contributed by atoms with van der Waals surface area (Å²) < 4.78 is 2.16. The smallest absolute Gasteiger partial charge is 0.0951 e. The Labute approximate surface area is 85.5 Å². The van der Waals surface area contributed by atoms with Gasteiger partial charge < -0.3 is 9.88 Å². The molecule has 14 heavy (non-hydrogen) atoms. The van der Waals surface area contributed by atoms with Crippen LogP contribution < -0.4 is 5.32 Å². The molecule has 0 spiro atoms. The maximum Gasteiger partial charge on any atom is 0.0951 e. The van der Waals surface area contributed by atoms with Crippen molar-refractivity contribution in [1.82, 2.24) is 14.9 Å². The molecular formula is C11H17N3. The largest absolute Gasteiger partial charge is 0.331 e. The Balaban J connectivity index is 2.43. The second-order valence-electron chi connectivity index (χ2n) is 3.52. The molecule has 0 saturated carbocycles. The number of nitrogens with one attached hydrogen (secondary N) is 1. The average Bonchev–Trinajstić information content (AvgIpc) is 2.60. The first-order chi connectivity index (χ1) is 6.75. The molecule has 0 fully saturated rings. The highest BCUT2D eigenvalue weighted by atomic mass is 15.1. The molecule has 3 heteroatoms. The predicted molar refractivity (Wildman–Crippen MR) is 57.8 cm³/mol. The molecule has 0 bridgehead atoms. The minimum absolute atomic E-state index is 0.460. The van der Waals surface area contributed by atoms with E-state index in [0.717, 1.165) is 19.5 Å². The predicted octanol–water partition coefficient (Wildman–Crippen LogP) is 1.58. The molecule has 3 nitrogen and oxygen atoms in total. The van der Waals surface area contributed by atoms with Gasteiger partial charge in [-0.25, -0.2) is 4.98 Å². The highest BCUT2D eigenvalue weighted by Crippen LogP contribution is 2.07. The molecule has 0 saturated heterocycles. The monoisotopic (exact) mass is 191 g/mol. The number of imidazole rings is 1. The number of terminal acetylenes is 1. The number of nitrogens with zero attached hydrogens (tertiary/aromatic N) is 2. The second kappa shape index (κ2) is 5.46. The maximum atomic E-state index is 5.16. The molecule has 0 aliphatic carbocycles. The number of hydrogen-bond acceptors (Lipinski definition) is 2. The van der Waals surface area contributed by atoms with Gasteiger partial charge in [-0.2, -0.15) is 0 Å². The molecule has 0 amide bonds. The minimum Gasteiger partial charge on any atom is -0.331 e. The van der Waals surface area contributed by atoms with Gasteiger partial charge in [-0.1, -0.05) is 0 Å². The van der Waals surface area contributed by atoms with E-state index in [0.29, 0.717) is 6.04 Å². The summed E-state index contributed by atoms with van der Waals surface area (Å²) in [6, 6.07) is 0.460. The Hall–Kier alpha value is -1.27. The molecule has 0 radical (unpaired) electrons. The Morgan fingerprint density at radius 1 is 1.64 bits per heavy atom. The lowest BCUT2D eigenvalue weighted by atomic mass is 10.3. The SMILES string of the molecule is C#CCCNCc1cncn1C(C)C. The van der Waals surface area contributed by atoms with Crippen LogP contribution in [0.1, 0.15) is 32.0 Å². The normalized spacial score (nSPS) is 10.4. The zero-order valence-electron chi connectivity index (χ0n) is 8.83. The molecule has 0 aromatic carbocycles. The van der Waals surface area contributed by atoms with E-state index < -0.39 is 0 Å². The Bertz CT molecular complexity index is 307. The van der Waals surface area contributed by atoms with Gasteiger partial charge in [0.15, 0.2) is 0 Å². The average molecular weight is 191 g/mol. The van der Waals surface area contributed by atoms with Crippen LogP contribution in [0.3, 0.4) is 0 Å². The van der Waals surface area contributed by atoms with Gasteiger partial charge in [0.25, 0.3) is 0 Å². The first-order valence-electron chi connectivity index (χ1n) is 4.90. The fourth-order valence-electron chi connectivity index (χ4n) is 1.31. The first kappa shape index (κ1) is 10.8. The summed E-state index contributed by atoms with van der Waals surface area (Å²) >= 11 is 0. The quantitative estimate of drug-likeness (QED) is 0.565. The Kier molecular flexibility index (Phi) is 4.21. The topological polar surface area (TPSA) is 29.9 Å². The molecule has 1 heterocycles. The molecule has 0 aliphatic heterocycles. The Morgan fingerprint density at radius 2 is 2.43 bits per heavy atom. The van der Waals surface area contributed by atoms with Gasteiger partial charge >= 0.3 is 0 Å². The summed E-state index contributed by atoms with van der Waals surface area (Å²) in [5.41, 5.74) is 1.21. The van der Waals surface area contributed by atoms with E-state index in [4.69, 9.17) is 6.42 Å². The highest BCUT2D eigenvalue weighted by Gasteiger charge is 2.03. The fraction of sp³-hybridized carbons (Fsp3) is 0.545. The van der Waals surface area contributed by atoms with Gasteiger partial charge in [0.05, 0.1) is 12.0 Å². The van der Waals surface area contributed by atoms with Crippen molar-refractivity contribution in [2.75, 3.05) is 6.54 Å². The zero-order valence-corrected chi connectivity index (χ0v) is 8.83. The van der Waals surface area contributed by atoms with Gasteiger partial charge in [-0.05, 0) is 13.8 Å². The molecule has 76 valence electrons. The van der Waals surface area contributed by atoms with E-state index in [1.807, 2.05) is 12.5 Å². The van der Waals surface area contributed by atoms with Crippen molar-refractivity contribution >= 4 is 0 Å². The van der Waals surface area contributed by atoms with Crippen molar-refractivity contribution in [1.29, 1.82) is 0 Å². The lowest BCUT2D eigenvalue weighted by Gasteiger charge is -2.11. The lowest BCUT2D eigenvalue weighted by Crippen LogP contribution is -2.17. The summed E-state index contributed by atoms with van der Waals surface area (Å²) in [5.74, 6) is 2.60. The van der Waals surface area contributed by atoms with Crippen LogP contribution in [-0.2, 0) is 6.54 Å². The molecular weight excluding hydrogens is 174 g/mol. The number of hydrogen-bond donors (Lipinski definition) is 1. The van der Waals surface area contributed by atoms with Crippen LogP contribution in [0.25, 0.3) is 0 Å². The van der Waals surface area contributed by atoms with Crippen molar-refractivity contribution in [2.24, 2.45) is 0 Å². The fourth-order valence-corrected chi connectivity index (χ4v) is 1.31. The van der Waals surface area contributed by atoms with Crippen LogP contribution >= 0.6 is 0 Å². The van der Waals surface area contributed by atoms with Gasteiger partial charge in [0.2, 0.25) is 0 Å².